The van der Waals surface area contributed by atoms with Gasteiger partial charge in [-0.1, -0.05) is 23.7 Å². The third-order valence-electron chi connectivity index (χ3n) is 2.93. The van der Waals surface area contributed by atoms with Crippen LogP contribution in [-0.2, 0) is 0 Å². The molecule has 0 amide bonds. The Labute approximate surface area is 110 Å². The Morgan fingerprint density at radius 2 is 1.78 bits per heavy atom. The van der Waals surface area contributed by atoms with Crippen molar-refractivity contribution in [1.82, 2.24) is 0 Å². The smallest absolute Gasteiger partial charge is 0.150 e. The van der Waals surface area contributed by atoms with Crippen LogP contribution in [0.25, 0.3) is 11.1 Å². The monoisotopic (exact) mass is 262 g/mol. The molecule has 0 aromatic heterocycles. The van der Waals surface area contributed by atoms with E-state index in [1.807, 2.05) is 13.0 Å². The van der Waals surface area contributed by atoms with E-state index < -0.39 is 0 Å². The van der Waals surface area contributed by atoms with Gasteiger partial charge in [0.05, 0.1) is 5.02 Å². The van der Waals surface area contributed by atoms with Gasteiger partial charge in [0.2, 0.25) is 0 Å². The van der Waals surface area contributed by atoms with Gasteiger partial charge >= 0.3 is 0 Å². The highest BCUT2D eigenvalue weighted by Crippen LogP contribution is 2.32. The molecule has 18 heavy (non-hydrogen) atoms. The maximum absolute atomic E-state index is 13.4. The molecular formula is C15H12ClFO. The van der Waals surface area contributed by atoms with Crippen LogP contribution in [0.2, 0.25) is 5.02 Å². The number of benzene rings is 2. The zero-order valence-corrected chi connectivity index (χ0v) is 10.9. The Morgan fingerprint density at radius 3 is 2.39 bits per heavy atom. The minimum atomic E-state index is -0.314. The lowest BCUT2D eigenvalue weighted by Crippen LogP contribution is -1.91. The highest BCUT2D eigenvalue weighted by molar-refractivity contribution is 6.33. The summed E-state index contributed by atoms with van der Waals surface area (Å²) in [6, 6.07) is 8.39. The Kier molecular flexibility index (Phi) is 3.48. The number of hydrogen-bond acceptors (Lipinski definition) is 1. The van der Waals surface area contributed by atoms with Crippen molar-refractivity contribution < 1.29 is 9.18 Å². The molecule has 2 aromatic carbocycles. The van der Waals surface area contributed by atoms with Crippen molar-refractivity contribution in [2.24, 2.45) is 0 Å². The molecule has 92 valence electrons. The predicted octanol–water partition coefficient (Wildman–Crippen LogP) is 4.58. The van der Waals surface area contributed by atoms with Gasteiger partial charge in [-0.05, 0) is 48.7 Å². The fourth-order valence-corrected chi connectivity index (χ4v) is 2.18. The van der Waals surface area contributed by atoms with E-state index in [2.05, 4.69) is 0 Å². The second kappa shape index (κ2) is 4.91. The van der Waals surface area contributed by atoms with Gasteiger partial charge in [-0.25, -0.2) is 4.39 Å². The highest BCUT2D eigenvalue weighted by atomic mass is 35.5. The van der Waals surface area contributed by atoms with E-state index in [1.165, 1.54) is 6.07 Å². The lowest BCUT2D eigenvalue weighted by Gasteiger charge is -2.10. The van der Waals surface area contributed by atoms with E-state index >= 15 is 0 Å². The molecule has 0 N–H and O–H groups in total. The fraction of sp³-hybridized carbons (Fsp3) is 0.133. The van der Waals surface area contributed by atoms with Crippen LogP contribution in [0.1, 0.15) is 21.5 Å². The van der Waals surface area contributed by atoms with Crippen LogP contribution in [0.5, 0.6) is 0 Å². The second-order valence-corrected chi connectivity index (χ2v) is 4.68. The van der Waals surface area contributed by atoms with E-state index in [1.54, 1.807) is 25.1 Å². The zero-order chi connectivity index (χ0) is 13.3. The summed E-state index contributed by atoms with van der Waals surface area (Å²) in [4.78, 5) is 10.7. The fourth-order valence-electron chi connectivity index (χ4n) is 1.93. The minimum absolute atomic E-state index is 0.314. The molecule has 0 unspecified atom stereocenters. The van der Waals surface area contributed by atoms with Crippen molar-refractivity contribution in [3.05, 3.63) is 57.9 Å². The maximum Gasteiger partial charge on any atom is 0.150 e. The summed E-state index contributed by atoms with van der Waals surface area (Å²) in [6.07, 6.45) is 0.800. The molecule has 0 atom stereocenters. The molecule has 0 aliphatic heterocycles. The SMILES string of the molecule is Cc1cc(-c2ccc(C=O)cc2C)c(Cl)cc1F. The summed E-state index contributed by atoms with van der Waals surface area (Å²) in [7, 11) is 0. The summed E-state index contributed by atoms with van der Waals surface area (Å²) in [5, 5.41) is 0.375. The topological polar surface area (TPSA) is 17.1 Å². The van der Waals surface area contributed by atoms with Crippen molar-refractivity contribution in [2.75, 3.05) is 0 Å². The van der Waals surface area contributed by atoms with Gasteiger partial charge < -0.3 is 0 Å². The van der Waals surface area contributed by atoms with Gasteiger partial charge in [-0.2, -0.15) is 0 Å². The molecule has 2 rings (SSSR count). The lowest BCUT2D eigenvalue weighted by atomic mass is 9.97. The molecule has 0 saturated heterocycles. The first-order valence-corrected chi connectivity index (χ1v) is 5.92. The largest absolute Gasteiger partial charge is 0.298 e. The van der Waals surface area contributed by atoms with Crippen molar-refractivity contribution in [3.63, 3.8) is 0 Å². The molecule has 0 aliphatic carbocycles. The van der Waals surface area contributed by atoms with Gasteiger partial charge in [0.1, 0.15) is 12.1 Å². The van der Waals surface area contributed by atoms with Crippen molar-refractivity contribution in [2.45, 2.75) is 13.8 Å². The Morgan fingerprint density at radius 1 is 1.06 bits per heavy atom. The lowest BCUT2D eigenvalue weighted by molar-refractivity contribution is 0.112. The number of rotatable bonds is 2. The third kappa shape index (κ3) is 2.29. The number of carbonyl (C=O) groups excluding carboxylic acids is 1. The Balaban J connectivity index is 2.62. The number of aldehydes is 1. The molecule has 2 aromatic rings. The van der Waals surface area contributed by atoms with Gasteiger partial charge in [0.25, 0.3) is 0 Å². The van der Waals surface area contributed by atoms with Crippen LogP contribution in [0.15, 0.2) is 30.3 Å². The predicted molar refractivity (Wildman–Crippen MR) is 71.7 cm³/mol. The molecule has 0 spiro atoms. The van der Waals surface area contributed by atoms with Crippen LogP contribution in [0, 0.1) is 19.7 Å². The molecule has 0 aliphatic rings. The average molecular weight is 263 g/mol. The summed E-state index contributed by atoms with van der Waals surface area (Å²) >= 11 is 6.07. The summed E-state index contributed by atoms with van der Waals surface area (Å²) in [5.74, 6) is -0.314. The molecular weight excluding hydrogens is 251 g/mol. The first-order chi connectivity index (χ1) is 8.52. The van der Waals surface area contributed by atoms with Gasteiger partial charge in [-0.3, -0.25) is 4.79 Å². The Bertz CT molecular complexity index is 620. The molecule has 1 nitrogen and oxygen atoms in total. The van der Waals surface area contributed by atoms with Crippen LogP contribution in [-0.4, -0.2) is 6.29 Å². The quantitative estimate of drug-likeness (QED) is 0.724. The molecule has 0 radical (unpaired) electrons. The standard InChI is InChI=1S/C15H12ClFO/c1-9-5-11(8-18)3-4-12(9)13-6-10(2)15(17)7-14(13)16/h3-8H,1-2H3. The maximum atomic E-state index is 13.4. The molecule has 3 heteroatoms. The van der Waals surface area contributed by atoms with Crippen molar-refractivity contribution in [3.8, 4) is 11.1 Å². The number of hydrogen-bond donors (Lipinski definition) is 0. The summed E-state index contributed by atoms with van der Waals surface area (Å²) < 4.78 is 13.4. The van der Waals surface area contributed by atoms with Gasteiger partial charge in [0.15, 0.2) is 0 Å². The van der Waals surface area contributed by atoms with E-state index in [9.17, 15) is 9.18 Å². The van der Waals surface area contributed by atoms with Gasteiger partial charge in [-0.15, -0.1) is 0 Å². The number of aryl methyl sites for hydroxylation is 2. The minimum Gasteiger partial charge on any atom is -0.298 e. The number of carbonyl (C=O) groups is 1. The summed E-state index contributed by atoms with van der Waals surface area (Å²) in [5.41, 5.74) is 3.80. The third-order valence-corrected chi connectivity index (χ3v) is 3.24. The van der Waals surface area contributed by atoms with E-state index in [0.717, 1.165) is 23.0 Å². The van der Waals surface area contributed by atoms with E-state index in [-0.39, 0.29) is 5.82 Å². The Hall–Kier alpha value is -1.67. The van der Waals surface area contributed by atoms with E-state index in [4.69, 9.17) is 11.6 Å². The highest BCUT2D eigenvalue weighted by Gasteiger charge is 2.10. The number of halogens is 2. The first-order valence-electron chi connectivity index (χ1n) is 5.55. The first kappa shape index (κ1) is 12.8. The van der Waals surface area contributed by atoms with Crippen LogP contribution >= 0.6 is 11.6 Å². The van der Waals surface area contributed by atoms with Crippen molar-refractivity contribution >= 4 is 17.9 Å². The molecule has 0 heterocycles. The molecule has 0 saturated carbocycles. The van der Waals surface area contributed by atoms with Crippen LogP contribution in [0.3, 0.4) is 0 Å². The van der Waals surface area contributed by atoms with Crippen molar-refractivity contribution in [1.29, 1.82) is 0 Å². The average Bonchev–Trinajstić information content (AvgIpc) is 2.34. The van der Waals surface area contributed by atoms with E-state index in [0.29, 0.717) is 16.1 Å². The van der Waals surface area contributed by atoms with Crippen LogP contribution in [0.4, 0.5) is 4.39 Å². The second-order valence-electron chi connectivity index (χ2n) is 4.27. The van der Waals surface area contributed by atoms with Gasteiger partial charge in [0, 0.05) is 11.1 Å². The molecule has 0 fully saturated rings. The molecule has 0 bridgehead atoms. The summed E-state index contributed by atoms with van der Waals surface area (Å²) in [6.45, 7) is 3.60. The zero-order valence-electron chi connectivity index (χ0n) is 10.1. The normalized spacial score (nSPS) is 10.4. The van der Waals surface area contributed by atoms with Crippen LogP contribution < -0.4 is 0 Å².